The van der Waals surface area contributed by atoms with Gasteiger partial charge in [-0.2, -0.15) is 5.26 Å². The van der Waals surface area contributed by atoms with E-state index >= 15 is 0 Å². The van der Waals surface area contributed by atoms with E-state index in [1.807, 2.05) is 31.2 Å². The molecule has 0 aliphatic carbocycles. The lowest BCUT2D eigenvalue weighted by atomic mass is 10.0. The number of hydrogen-bond acceptors (Lipinski definition) is 2. The summed E-state index contributed by atoms with van der Waals surface area (Å²) in [7, 11) is 0. The van der Waals surface area contributed by atoms with Gasteiger partial charge in [-0.25, -0.2) is 0 Å². The van der Waals surface area contributed by atoms with Crippen LogP contribution in [-0.2, 0) is 0 Å². The van der Waals surface area contributed by atoms with Crippen molar-refractivity contribution in [3.63, 3.8) is 0 Å². The van der Waals surface area contributed by atoms with E-state index in [0.29, 0.717) is 17.2 Å². The maximum Gasteiger partial charge on any atom is 0.148 e. The molecule has 0 heterocycles. The van der Waals surface area contributed by atoms with Gasteiger partial charge in [-0.3, -0.25) is 0 Å². The lowest BCUT2D eigenvalue weighted by Gasteiger charge is -2.16. The Labute approximate surface area is 128 Å². The molecule has 0 radical (unpaired) electrons. The zero-order valence-electron chi connectivity index (χ0n) is 11.8. The number of nitrogens with zero attached hydrogens (tertiary/aromatic N) is 1. The van der Waals surface area contributed by atoms with E-state index < -0.39 is 0 Å². The summed E-state index contributed by atoms with van der Waals surface area (Å²) in [5.41, 5.74) is 2.64. The lowest BCUT2D eigenvalue weighted by Crippen LogP contribution is -1.97. The minimum Gasteiger partial charge on any atom is -0.455 e. The molecule has 0 N–H and O–H groups in total. The molecule has 3 heteroatoms. The summed E-state index contributed by atoms with van der Waals surface area (Å²) >= 11 is 3.48. The van der Waals surface area contributed by atoms with E-state index in [-0.39, 0.29) is 0 Å². The van der Waals surface area contributed by atoms with Crippen molar-refractivity contribution in [3.8, 4) is 17.6 Å². The Morgan fingerprint density at radius 3 is 2.60 bits per heavy atom. The van der Waals surface area contributed by atoms with Gasteiger partial charge in [-0.15, -0.1) is 0 Å². The van der Waals surface area contributed by atoms with Gasteiger partial charge in [0, 0.05) is 4.47 Å². The number of benzene rings is 2. The Morgan fingerprint density at radius 1 is 1.20 bits per heavy atom. The molecule has 2 nitrogen and oxygen atoms in total. The van der Waals surface area contributed by atoms with Crippen molar-refractivity contribution in [1.82, 2.24) is 0 Å². The highest BCUT2D eigenvalue weighted by Crippen LogP contribution is 2.35. The van der Waals surface area contributed by atoms with Crippen molar-refractivity contribution < 1.29 is 4.74 Å². The van der Waals surface area contributed by atoms with Crippen LogP contribution in [0.15, 0.2) is 40.9 Å². The van der Waals surface area contributed by atoms with Crippen LogP contribution in [0.5, 0.6) is 11.5 Å². The Kier molecular flexibility index (Phi) is 4.46. The smallest absolute Gasteiger partial charge is 0.148 e. The molecule has 0 atom stereocenters. The van der Waals surface area contributed by atoms with Crippen molar-refractivity contribution in [2.75, 3.05) is 0 Å². The summed E-state index contributed by atoms with van der Waals surface area (Å²) in [4.78, 5) is 0. The van der Waals surface area contributed by atoms with Crippen molar-refractivity contribution in [1.29, 1.82) is 5.26 Å². The van der Waals surface area contributed by atoms with E-state index in [1.165, 1.54) is 0 Å². The highest BCUT2D eigenvalue weighted by Gasteiger charge is 2.13. The Bertz CT molecular complexity index is 671. The van der Waals surface area contributed by atoms with Crippen molar-refractivity contribution in [2.45, 2.75) is 26.7 Å². The molecule has 0 saturated heterocycles. The molecule has 0 aliphatic heterocycles. The van der Waals surface area contributed by atoms with Gasteiger partial charge in [0.2, 0.25) is 0 Å². The second-order valence-corrected chi connectivity index (χ2v) is 5.92. The molecule has 0 aromatic heterocycles. The molecule has 0 aliphatic rings. The van der Waals surface area contributed by atoms with E-state index in [1.54, 1.807) is 6.07 Å². The van der Waals surface area contributed by atoms with Gasteiger partial charge in [0.1, 0.15) is 17.6 Å². The highest BCUT2D eigenvalue weighted by atomic mass is 79.9. The quantitative estimate of drug-likeness (QED) is 0.740. The minimum absolute atomic E-state index is 0.344. The highest BCUT2D eigenvalue weighted by molar-refractivity contribution is 9.10. The van der Waals surface area contributed by atoms with Crippen LogP contribution >= 0.6 is 15.9 Å². The summed E-state index contributed by atoms with van der Waals surface area (Å²) in [5, 5.41) is 9.21. The molecule has 0 unspecified atom stereocenters. The molecule has 0 fully saturated rings. The standard InChI is InChI=1S/C17H16BrNO/c1-11(2)15-9-14(18)7-8-16(15)20-17-12(3)5-4-6-13(17)10-19/h4-9,11H,1-3H3. The van der Waals surface area contributed by atoms with E-state index in [0.717, 1.165) is 21.3 Å². The molecular weight excluding hydrogens is 314 g/mol. The molecule has 0 amide bonds. The van der Waals surface area contributed by atoms with Gasteiger partial charge in [-0.1, -0.05) is 41.9 Å². The predicted molar refractivity (Wildman–Crippen MR) is 84.2 cm³/mol. The molecule has 0 spiro atoms. The van der Waals surface area contributed by atoms with Gasteiger partial charge in [-0.05, 0) is 48.2 Å². The Balaban J connectivity index is 2.49. The topological polar surface area (TPSA) is 33.0 Å². The first-order valence-electron chi connectivity index (χ1n) is 6.50. The van der Waals surface area contributed by atoms with Crippen molar-refractivity contribution >= 4 is 15.9 Å². The van der Waals surface area contributed by atoms with Gasteiger partial charge >= 0.3 is 0 Å². The third kappa shape index (κ3) is 3.02. The Morgan fingerprint density at radius 2 is 1.95 bits per heavy atom. The summed E-state index contributed by atoms with van der Waals surface area (Å²) in [6.45, 7) is 6.19. The van der Waals surface area contributed by atoms with E-state index in [4.69, 9.17) is 4.74 Å². The van der Waals surface area contributed by atoms with Crippen LogP contribution < -0.4 is 4.74 Å². The number of ether oxygens (including phenoxy) is 1. The number of aryl methyl sites for hydroxylation is 1. The second-order valence-electron chi connectivity index (χ2n) is 5.00. The van der Waals surface area contributed by atoms with Crippen LogP contribution in [0.3, 0.4) is 0 Å². The maximum atomic E-state index is 9.21. The van der Waals surface area contributed by atoms with E-state index in [2.05, 4.69) is 41.9 Å². The summed E-state index contributed by atoms with van der Waals surface area (Å²) < 4.78 is 7.06. The fourth-order valence-electron chi connectivity index (χ4n) is 2.05. The average Bonchev–Trinajstić information content (AvgIpc) is 2.42. The van der Waals surface area contributed by atoms with Crippen molar-refractivity contribution in [2.24, 2.45) is 0 Å². The zero-order valence-corrected chi connectivity index (χ0v) is 13.4. The minimum atomic E-state index is 0.344. The fraction of sp³-hybridized carbons (Fsp3) is 0.235. The fourth-order valence-corrected chi connectivity index (χ4v) is 2.43. The largest absolute Gasteiger partial charge is 0.455 e. The van der Waals surface area contributed by atoms with Crippen LogP contribution in [-0.4, -0.2) is 0 Å². The zero-order chi connectivity index (χ0) is 14.7. The van der Waals surface area contributed by atoms with Crippen LogP contribution in [0, 0.1) is 18.3 Å². The molecule has 2 aromatic carbocycles. The second kappa shape index (κ2) is 6.11. The summed E-state index contributed by atoms with van der Waals surface area (Å²) in [5.74, 6) is 1.78. The van der Waals surface area contributed by atoms with Crippen LogP contribution in [0.1, 0.15) is 36.5 Å². The third-order valence-electron chi connectivity index (χ3n) is 3.14. The maximum absolute atomic E-state index is 9.21. The van der Waals surface area contributed by atoms with Crippen LogP contribution in [0.25, 0.3) is 0 Å². The van der Waals surface area contributed by atoms with Crippen molar-refractivity contribution in [3.05, 3.63) is 57.6 Å². The molecule has 2 rings (SSSR count). The summed E-state index contributed by atoms with van der Waals surface area (Å²) in [6.07, 6.45) is 0. The monoisotopic (exact) mass is 329 g/mol. The first-order chi connectivity index (χ1) is 9.52. The normalized spacial score (nSPS) is 10.4. The predicted octanol–water partition coefficient (Wildman–Crippen LogP) is 5.54. The molecule has 0 bridgehead atoms. The SMILES string of the molecule is Cc1cccc(C#N)c1Oc1ccc(Br)cc1C(C)C. The average molecular weight is 330 g/mol. The molecule has 102 valence electrons. The summed E-state index contributed by atoms with van der Waals surface area (Å²) in [6, 6.07) is 13.7. The number of nitriles is 1. The Hall–Kier alpha value is -1.79. The van der Waals surface area contributed by atoms with Crippen LogP contribution in [0.2, 0.25) is 0 Å². The molecular formula is C17H16BrNO. The molecule has 20 heavy (non-hydrogen) atoms. The number of hydrogen-bond donors (Lipinski definition) is 0. The molecule has 2 aromatic rings. The molecule has 0 saturated carbocycles. The van der Waals surface area contributed by atoms with Gasteiger partial charge in [0.05, 0.1) is 5.56 Å². The number of para-hydroxylation sites is 1. The van der Waals surface area contributed by atoms with Gasteiger partial charge in [0.15, 0.2) is 0 Å². The third-order valence-corrected chi connectivity index (χ3v) is 3.63. The van der Waals surface area contributed by atoms with Crippen LogP contribution in [0.4, 0.5) is 0 Å². The lowest BCUT2D eigenvalue weighted by molar-refractivity contribution is 0.468. The number of halogens is 1. The van der Waals surface area contributed by atoms with E-state index in [9.17, 15) is 5.26 Å². The number of rotatable bonds is 3. The first-order valence-corrected chi connectivity index (χ1v) is 7.29. The van der Waals surface area contributed by atoms with Gasteiger partial charge in [0.25, 0.3) is 0 Å². The van der Waals surface area contributed by atoms with Gasteiger partial charge < -0.3 is 4.74 Å². The first kappa shape index (κ1) is 14.6.